The molecule has 0 saturated heterocycles. The molecule has 1 aromatic heterocycles. The molecule has 3 rings (SSSR count). The number of thiazole rings is 1. The first kappa shape index (κ1) is 10.7. The van der Waals surface area contributed by atoms with E-state index in [1.54, 1.807) is 11.3 Å². The van der Waals surface area contributed by atoms with Gasteiger partial charge in [0.05, 0.1) is 5.51 Å². The van der Waals surface area contributed by atoms with Crippen molar-refractivity contribution < 1.29 is 0 Å². The van der Waals surface area contributed by atoms with Crippen LogP contribution in [-0.2, 0) is 0 Å². The van der Waals surface area contributed by atoms with Crippen LogP contribution in [0.5, 0.6) is 0 Å². The van der Waals surface area contributed by atoms with Gasteiger partial charge < -0.3 is 11.5 Å². The van der Waals surface area contributed by atoms with Crippen LogP contribution in [0.25, 0.3) is 0 Å². The third-order valence-corrected chi connectivity index (χ3v) is 5.21. The lowest BCUT2D eigenvalue weighted by Gasteiger charge is -2.36. The summed E-state index contributed by atoms with van der Waals surface area (Å²) in [7, 11) is 0. The minimum atomic E-state index is 0.0600. The predicted octanol–water partition coefficient (Wildman–Crippen LogP) is 1.85. The highest BCUT2D eigenvalue weighted by Gasteiger charge is 2.52. The van der Waals surface area contributed by atoms with Crippen LogP contribution in [0.1, 0.15) is 42.9 Å². The smallest absolute Gasteiger partial charge is 0.0794 e. The Morgan fingerprint density at radius 2 is 2.12 bits per heavy atom. The molecule has 0 aliphatic heterocycles. The first-order valence-electron chi connectivity index (χ1n) is 6.12. The van der Waals surface area contributed by atoms with E-state index in [4.69, 9.17) is 11.5 Å². The van der Waals surface area contributed by atoms with Crippen molar-refractivity contribution in [3.05, 3.63) is 16.6 Å². The summed E-state index contributed by atoms with van der Waals surface area (Å²) in [4.78, 5) is 5.58. The molecule has 4 heteroatoms. The molecule has 4 N–H and O–H groups in total. The van der Waals surface area contributed by atoms with Gasteiger partial charge in [-0.15, -0.1) is 11.3 Å². The zero-order valence-corrected chi connectivity index (χ0v) is 10.2. The summed E-state index contributed by atoms with van der Waals surface area (Å²) < 4.78 is 0. The van der Waals surface area contributed by atoms with E-state index in [1.165, 1.54) is 11.3 Å². The fourth-order valence-corrected chi connectivity index (χ4v) is 3.90. The fourth-order valence-electron chi connectivity index (χ4n) is 3.10. The molecular formula is C12H19N3S. The SMILES string of the molecule is NC1CCC(N)([C@@H]2C[C@H]2c2cncs2)CC1. The largest absolute Gasteiger partial charge is 0.328 e. The minimum absolute atomic E-state index is 0.0600. The number of aromatic nitrogens is 1. The lowest BCUT2D eigenvalue weighted by Crippen LogP contribution is -2.48. The van der Waals surface area contributed by atoms with Crippen LogP contribution in [0.3, 0.4) is 0 Å². The van der Waals surface area contributed by atoms with Crippen molar-refractivity contribution in [2.45, 2.75) is 49.6 Å². The monoisotopic (exact) mass is 237 g/mol. The van der Waals surface area contributed by atoms with Crippen LogP contribution in [-0.4, -0.2) is 16.6 Å². The molecule has 2 atom stereocenters. The quantitative estimate of drug-likeness (QED) is 0.825. The highest BCUT2D eigenvalue weighted by Crippen LogP contribution is 2.56. The minimum Gasteiger partial charge on any atom is -0.328 e. The zero-order chi connectivity index (χ0) is 11.2. The summed E-state index contributed by atoms with van der Waals surface area (Å²) >= 11 is 1.77. The molecule has 2 aliphatic carbocycles. The van der Waals surface area contributed by atoms with Crippen molar-refractivity contribution in [2.75, 3.05) is 0 Å². The van der Waals surface area contributed by atoms with E-state index in [1.807, 2.05) is 11.7 Å². The van der Waals surface area contributed by atoms with E-state index in [-0.39, 0.29) is 5.54 Å². The Balaban J connectivity index is 1.67. The van der Waals surface area contributed by atoms with Gasteiger partial charge in [-0.1, -0.05) is 0 Å². The maximum atomic E-state index is 6.55. The van der Waals surface area contributed by atoms with Crippen LogP contribution >= 0.6 is 11.3 Å². The topological polar surface area (TPSA) is 64.9 Å². The third kappa shape index (κ3) is 1.79. The molecule has 16 heavy (non-hydrogen) atoms. The second-order valence-corrected chi connectivity index (χ2v) is 6.34. The molecule has 88 valence electrons. The van der Waals surface area contributed by atoms with Gasteiger partial charge in [0, 0.05) is 22.7 Å². The first-order chi connectivity index (χ1) is 7.69. The number of hydrogen-bond donors (Lipinski definition) is 2. The van der Waals surface area contributed by atoms with E-state index in [0.29, 0.717) is 17.9 Å². The molecule has 0 unspecified atom stereocenters. The molecular weight excluding hydrogens is 218 g/mol. The average molecular weight is 237 g/mol. The molecule has 0 amide bonds. The Hall–Kier alpha value is -0.450. The van der Waals surface area contributed by atoms with Crippen LogP contribution in [0, 0.1) is 5.92 Å². The van der Waals surface area contributed by atoms with Gasteiger partial charge >= 0.3 is 0 Å². The van der Waals surface area contributed by atoms with E-state index in [9.17, 15) is 0 Å². The Morgan fingerprint density at radius 1 is 1.38 bits per heavy atom. The fraction of sp³-hybridized carbons (Fsp3) is 0.750. The summed E-state index contributed by atoms with van der Waals surface area (Å²) in [5.41, 5.74) is 14.5. The lowest BCUT2D eigenvalue weighted by molar-refractivity contribution is 0.239. The Morgan fingerprint density at radius 3 is 2.75 bits per heavy atom. The summed E-state index contributed by atoms with van der Waals surface area (Å²) in [5.74, 6) is 1.37. The van der Waals surface area contributed by atoms with Gasteiger partial charge in [-0.25, -0.2) is 0 Å². The van der Waals surface area contributed by atoms with Gasteiger partial charge in [-0.05, 0) is 43.9 Å². The van der Waals surface area contributed by atoms with Gasteiger partial charge in [-0.3, -0.25) is 4.98 Å². The van der Waals surface area contributed by atoms with Crippen molar-refractivity contribution in [1.29, 1.82) is 0 Å². The molecule has 2 aliphatic rings. The third-order valence-electron chi connectivity index (χ3n) is 4.31. The van der Waals surface area contributed by atoms with Crippen LogP contribution in [0.2, 0.25) is 0 Å². The summed E-state index contributed by atoms with van der Waals surface area (Å²) in [5, 5.41) is 0. The summed E-state index contributed by atoms with van der Waals surface area (Å²) in [6.07, 6.45) is 7.67. The zero-order valence-electron chi connectivity index (χ0n) is 9.43. The second-order valence-electron chi connectivity index (χ2n) is 5.42. The highest BCUT2D eigenvalue weighted by atomic mass is 32.1. The number of nitrogens with two attached hydrogens (primary N) is 2. The molecule has 3 nitrogen and oxygen atoms in total. The average Bonchev–Trinajstić information content (AvgIpc) is 2.92. The van der Waals surface area contributed by atoms with E-state index in [0.717, 1.165) is 25.7 Å². The number of rotatable bonds is 2. The van der Waals surface area contributed by atoms with Crippen LogP contribution in [0.4, 0.5) is 0 Å². The van der Waals surface area contributed by atoms with E-state index < -0.39 is 0 Å². The van der Waals surface area contributed by atoms with E-state index >= 15 is 0 Å². The van der Waals surface area contributed by atoms with Crippen molar-refractivity contribution in [2.24, 2.45) is 17.4 Å². The Labute approximate surface area is 100 Å². The molecule has 0 spiro atoms. The van der Waals surface area contributed by atoms with Gasteiger partial charge in [0.1, 0.15) is 0 Å². The molecule has 0 bridgehead atoms. The summed E-state index contributed by atoms with van der Waals surface area (Å²) in [6.45, 7) is 0. The van der Waals surface area contributed by atoms with Gasteiger partial charge in [0.15, 0.2) is 0 Å². The predicted molar refractivity (Wildman–Crippen MR) is 66.3 cm³/mol. The maximum Gasteiger partial charge on any atom is 0.0794 e. The molecule has 0 radical (unpaired) electrons. The maximum absolute atomic E-state index is 6.55. The second kappa shape index (κ2) is 3.79. The molecule has 2 saturated carbocycles. The van der Waals surface area contributed by atoms with Gasteiger partial charge in [0.25, 0.3) is 0 Å². The number of nitrogens with zero attached hydrogens (tertiary/aromatic N) is 1. The summed E-state index contributed by atoms with van der Waals surface area (Å²) in [6, 6.07) is 0.386. The standard InChI is InChI=1S/C12H19N3S/c13-8-1-3-12(14,4-2-8)10-5-9(10)11-6-15-7-16-11/h6-10H,1-5,13-14H2/t8?,9-,10-,12?/m1/s1. The Kier molecular flexibility index (Phi) is 2.53. The first-order valence-corrected chi connectivity index (χ1v) is 7.00. The van der Waals surface area contributed by atoms with Gasteiger partial charge in [0.2, 0.25) is 0 Å². The molecule has 1 heterocycles. The molecule has 2 fully saturated rings. The van der Waals surface area contributed by atoms with Crippen LogP contribution in [0.15, 0.2) is 11.7 Å². The van der Waals surface area contributed by atoms with Crippen molar-refractivity contribution in [3.63, 3.8) is 0 Å². The van der Waals surface area contributed by atoms with Crippen LogP contribution < -0.4 is 11.5 Å². The Bertz CT molecular complexity index is 354. The van der Waals surface area contributed by atoms with Crippen molar-refractivity contribution in [3.8, 4) is 0 Å². The van der Waals surface area contributed by atoms with Crippen molar-refractivity contribution in [1.82, 2.24) is 4.98 Å². The number of hydrogen-bond acceptors (Lipinski definition) is 4. The normalized spacial score (nSPS) is 43.2. The lowest BCUT2D eigenvalue weighted by atomic mass is 9.76. The highest BCUT2D eigenvalue weighted by molar-refractivity contribution is 7.09. The van der Waals surface area contributed by atoms with Gasteiger partial charge in [-0.2, -0.15) is 0 Å². The molecule has 0 aromatic carbocycles. The molecule has 1 aromatic rings. The van der Waals surface area contributed by atoms with Crippen molar-refractivity contribution >= 4 is 11.3 Å². The van der Waals surface area contributed by atoms with E-state index in [2.05, 4.69) is 4.98 Å².